The van der Waals surface area contributed by atoms with Crippen molar-refractivity contribution in [3.8, 4) is 0 Å². The predicted octanol–water partition coefficient (Wildman–Crippen LogP) is 13.0. The number of rotatable bonds is 51. The van der Waals surface area contributed by atoms with Crippen molar-refractivity contribution in [2.75, 3.05) is 13.2 Å². The van der Waals surface area contributed by atoms with E-state index in [9.17, 15) is 40.5 Å². The van der Waals surface area contributed by atoms with Crippen molar-refractivity contribution in [3.63, 3.8) is 0 Å². The molecule has 0 aromatic heterocycles. The van der Waals surface area contributed by atoms with Crippen LogP contribution in [0.1, 0.15) is 258 Å². The topological polar surface area (TPSA) is 189 Å². The van der Waals surface area contributed by atoms with Crippen LogP contribution in [-0.2, 0) is 14.3 Å². The lowest BCUT2D eigenvalue weighted by molar-refractivity contribution is -0.303. The molecule has 9 atom stereocenters. The highest BCUT2D eigenvalue weighted by molar-refractivity contribution is 5.80. The molecule has 9 unspecified atom stereocenters. The van der Waals surface area contributed by atoms with Gasteiger partial charge in [0.25, 0.3) is 0 Å². The average Bonchev–Trinajstić information content (AvgIpc) is 3.39. The minimum atomic E-state index is -1.68. The number of allylic oxidation sites excluding steroid dienone is 10. The Morgan fingerprint density at radius 2 is 0.863 bits per heavy atom. The fourth-order valence-corrected chi connectivity index (χ4v) is 9.33. The number of nitrogens with one attached hydrogen (secondary N) is 1. The average molecular weight is 1030 g/mol. The molecule has 0 spiro atoms. The Bertz CT molecular complexity index is 1370. The third kappa shape index (κ3) is 38.9. The molecule has 0 aliphatic carbocycles. The van der Waals surface area contributed by atoms with Gasteiger partial charge in [0, 0.05) is 0 Å². The molecule has 0 bridgehead atoms. The zero-order valence-corrected chi connectivity index (χ0v) is 46.6. The van der Waals surface area contributed by atoms with Crippen molar-refractivity contribution in [2.24, 2.45) is 0 Å². The summed E-state index contributed by atoms with van der Waals surface area (Å²) >= 11 is 0. The minimum Gasteiger partial charge on any atom is -0.394 e. The standard InChI is InChI=1S/C62H113NO10/c1-3-5-7-9-11-13-15-17-19-21-23-25-26-27-28-29-30-32-34-36-38-40-42-44-46-48-50-55(66)61(71)63-53(52-72-62-60(70)59(69)58(68)56(51-64)73-62)57(67)54(65)49-47-45-43-41-39-37-35-33-31-24-22-20-18-16-14-12-10-8-6-4-2/h20,22-23,25,27-28,33,35,41,43,53-60,62,64-70H,3-19,21,24,26,29-32,34,36-40,42,44-52H2,1-2H3,(H,63,71)/b22-20+,25-23-,28-27-,35-33+,43-41+. The summed E-state index contributed by atoms with van der Waals surface area (Å²) in [5.41, 5.74) is 0. The number of ether oxygens (including phenoxy) is 2. The van der Waals surface area contributed by atoms with Crippen LogP contribution in [0.2, 0.25) is 0 Å². The van der Waals surface area contributed by atoms with Crippen LogP contribution in [0, 0.1) is 0 Å². The Hall–Kier alpha value is -2.19. The summed E-state index contributed by atoms with van der Waals surface area (Å²) in [6.45, 7) is 3.44. The van der Waals surface area contributed by atoms with Gasteiger partial charge in [-0.3, -0.25) is 4.79 Å². The number of carbonyl (C=O) groups excluding carboxylic acids is 1. The molecule has 0 radical (unpaired) electrons. The number of hydrogen-bond donors (Lipinski definition) is 8. The smallest absolute Gasteiger partial charge is 0.249 e. The zero-order valence-electron chi connectivity index (χ0n) is 46.6. The van der Waals surface area contributed by atoms with E-state index < -0.39 is 74.2 Å². The van der Waals surface area contributed by atoms with E-state index in [1.807, 2.05) is 0 Å². The Balaban J connectivity index is 2.33. The molecule has 11 nitrogen and oxygen atoms in total. The molecule has 0 aromatic rings. The van der Waals surface area contributed by atoms with Crippen LogP contribution in [0.3, 0.4) is 0 Å². The van der Waals surface area contributed by atoms with Gasteiger partial charge in [-0.2, -0.15) is 0 Å². The normalized spacial score (nSPS) is 20.4. The monoisotopic (exact) mass is 1030 g/mol. The molecule has 1 aliphatic rings. The van der Waals surface area contributed by atoms with Gasteiger partial charge in [-0.1, -0.05) is 222 Å². The second-order valence-corrected chi connectivity index (χ2v) is 21.0. The van der Waals surface area contributed by atoms with Crippen molar-refractivity contribution in [1.82, 2.24) is 5.32 Å². The summed E-state index contributed by atoms with van der Waals surface area (Å²) in [6, 6.07) is -1.20. The fraction of sp³-hybridized carbons (Fsp3) is 0.823. The number of aliphatic hydroxyl groups is 7. The van der Waals surface area contributed by atoms with E-state index in [1.54, 1.807) is 0 Å². The lowest BCUT2D eigenvalue weighted by Crippen LogP contribution is -2.60. The highest BCUT2D eigenvalue weighted by Gasteiger charge is 2.44. The first-order valence-corrected chi connectivity index (χ1v) is 30.2. The van der Waals surface area contributed by atoms with Gasteiger partial charge in [0.05, 0.1) is 25.4 Å². The van der Waals surface area contributed by atoms with Crippen molar-refractivity contribution >= 4 is 5.91 Å². The summed E-state index contributed by atoms with van der Waals surface area (Å²) in [4.78, 5) is 13.2. The van der Waals surface area contributed by atoms with Crippen molar-refractivity contribution < 1.29 is 50.0 Å². The second kappa shape index (κ2) is 50.6. The van der Waals surface area contributed by atoms with Gasteiger partial charge in [-0.15, -0.1) is 0 Å². The summed E-state index contributed by atoms with van der Waals surface area (Å²) in [5, 5.41) is 76.2. The lowest BCUT2D eigenvalue weighted by Gasteiger charge is -2.40. The maximum Gasteiger partial charge on any atom is 0.249 e. The fourth-order valence-electron chi connectivity index (χ4n) is 9.33. The highest BCUT2D eigenvalue weighted by atomic mass is 16.7. The quantitative estimate of drug-likeness (QED) is 0.0215. The molecule has 1 amide bonds. The maximum atomic E-state index is 13.2. The molecular weight excluding hydrogens is 919 g/mol. The number of carbonyl (C=O) groups is 1. The molecule has 1 aliphatic heterocycles. The first-order valence-electron chi connectivity index (χ1n) is 30.2. The van der Waals surface area contributed by atoms with E-state index in [1.165, 1.54) is 154 Å². The predicted molar refractivity (Wildman–Crippen MR) is 302 cm³/mol. The molecule has 0 saturated carbocycles. The van der Waals surface area contributed by atoms with Crippen LogP contribution >= 0.6 is 0 Å². The number of hydrogen-bond acceptors (Lipinski definition) is 10. The Morgan fingerprint density at radius 3 is 1.30 bits per heavy atom. The third-order valence-electron chi connectivity index (χ3n) is 14.2. The van der Waals surface area contributed by atoms with E-state index in [0.717, 1.165) is 57.8 Å². The van der Waals surface area contributed by atoms with Crippen LogP contribution in [0.15, 0.2) is 60.8 Å². The van der Waals surface area contributed by atoms with E-state index >= 15 is 0 Å². The summed E-state index contributed by atoms with van der Waals surface area (Å²) in [5.74, 6) is -0.715. The molecular formula is C62H113NO10. The number of unbranched alkanes of at least 4 members (excludes halogenated alkanes) is 29. The molecule has 1 heterocycles. The van der Waals surface area contributed by atoms with Crippen molar-refractivity contribution in [3.05, 3.63) is 60.8 Å². The van der Waals surface area contributed by atoms with E-state index in [-0.39, 0.29) is 12.8 Å². The largest absolute Gasteiger partial charge is 0.394 e. The van der Waals surface area contributed by atoms with E-state index in [4.69, 9.17) is 9.47 Å². The lowest BCUT2D eigenvalue weighted by atomic mass is 9.98. The van der Waals surface area contributed by atoms with Gasteiger partial charge < -0.3 is 50.5 Å². The van der Waals surface area contributed by atoms with Crippen molar-refractivity contribution in [1.29, 1.82) is 0 Å². The zero-order chi connectivity index (χ0) is 53.3. The van der Waals surface area contributed by atoms with Crippen LogP contribution in [-0.4, -0.2) is 110 Å². The molecule has 8 N–H and O–H groups in total. The van der Waals surface area contributed by atoms with E-state index in [0.29, 0.717) is 19.3 Å². The molecule has 0 aromatic carbocycles. The van der Waals surface area contributed by atoms with Crippen LogP contribution in [0.5, 0.6) is 0 Å². The van der Waals surface area contributed by atoms with Crippen LogP contribution < -0.4 is 5.32 Å². The van der Waals surface area contributed by atoms with Gasteiger partial charge in [-0.05, 0) is 96.3 Å². The molecule has 1 rings (SSSR count). The summed E-state index contributed by atoms with van der Waals surface area (Å²) in [7, 11) is 0. The Morgan fingerprint density at radius 1 is 0.479 bits per heavy atom. The minimum absolute atomic E-state index is 0.238. The van der Waals surface area contributed by atoms with Gasteiger partial charge in [0.2, 0.25) is 5.91 Å². The van der Waals surface area contributed by atoms with Gasteiger partial charge in [0.15, 0.2) is 6.29 Å². The highest BCUT2D eigenvalue weighted by Crippen LogP contribution is 2.23. The number of amides is 1. The van der Waals surface area contributed by atoms with Gasteiger partial charge in [0.1, 0.15) is 36.6 Å². The van der Waals surface area contributed by atoms with Crippen LogP contribution in [0.4, 0.5) is 0 Å². The second-order valence-electron chi connectivity index (χ2n) is 21.0. The number of aliphatic hydroxyl groups excluding tert-OH is 7. The molecule has 1 fully saturated rings. The molecule has 73 heavy (non-hydrogen) atoms. The van der Waals surface area contributed by atoms with E-state index in [2.05, 4.69) is 79.9 Å². The molecule has 426 valence electrons. The summed E-state index contributed by atoms with van der Waals surface area (Å²) < 4.78 is 11.1. The Kier molecular flexibility index (Phi) is 47.7. The first-order chi connectivity index (χ1) is 35.7. The third-order valence-corrected chi connectivity index (χ3v) is 14.2. The maximum absolute atomic E-state index is 13.2. The van der Waals surface area contributed by atoms with Gasteiger partial charge >= 0.3 is 0 Å². The SMILES string of the molecule is CCCCCCCCC/C=C/CC/C=C/CC/C=C/CCCC(O)C(O)C(COC1OC(CO)C(O)C(O)C1O)NC(=O)C(O)CCCCCCCCCCCC/C=C\C/C=C\CCCCCCCCCCC. The van der Waals surface area contributed by atoms with Gasteiger partial charge in [-0.25, -0.2) is 0 Å². The van der Waals surface area contributed by atoms with Crippen LogP contribution in [0.25, 0.3) is 0 Å². The molecule has 1 saturated heterocycles. The Labute approximate surface area is 446 Å². The first kappa shape index (κ1) is 68.8. The summed E-state index contributed by atoms with van der Waals surface area (Å²) in [6.07, 6.45) is 54.2. The molecule has 11 heteroatoms. The van der Waals surface area contributed by atoms with Crippen molar-refractivity contribution in [2.45, 2.75) is 313 Å².